The average molecular weight is 582 g/mol. The predicted molar refractivity (Wildman–Crippen MR) is 158 cm³/mol. The summed E-state index contributed by atoms with van der Waals surface area (Å²) < 4.78 is 0. The molecular weight excluding hydrogens is 542 g/mol. The summed E-state index contributed by atoms with van der Waals surface area (Å²) in [5.41, 5.74) is 11.2. The number of aliphatic carboxylic acids is 1. The van der Waals surface area contributed by atoms with Gasteiger partial charge in [0.25, 0.3) is 11.8 Å². The van der Waals surface area contributed by atoms with Gasteiger partial charge in [-0.15, -0.1) is 0 Å². The van der Waals surface area contributed by atoms with Gasteiger partial charge >= 0.3 is 5.97 Å². The maximum atomic E-state index is 13.3. The molecule has 226 valence electrons. The van der Waals surface area contributed by atoms with E-state index in [1.54, 1.807) is 12.1 Å². The molecule has 3 rings (SSSR count). The molecule has 13 heteroatoms. The summed E-state index contributed by atoms with van der Waals surface area (Å²) >= 11 is 0. The topological polar surface area (TPSA) is 209 Å². The number of aliphatic imine (C=N–C) groups is 1. The fraction of sp³-hybridized carbons (Fsp3) is 0.448. The third-order valence-electron chi connectivity index (χ3n) is 7.03. The van der Waals surface area contributed by atoms with E-state index in [1.165, 1.54) is 7.05 Å². The predicted octanol–water partition coefficient (Wildman–Crippen LogP) is 0.568. The van der Waals surface area contributed by atoms with Crippen LogP contribution in [0.4, 0.5) is 0 Å². The summed E-state index contributed by atoms with van der Waals surface area (Å²) in [6.07, 6.45) is 0.836. The van der Waals surface area contributed by atoms with Crippen molar-refractivity contribution in [2.24, 2.45) is 22.4 Å². The number of guanidine groups is 1. The van der Waals surface area contributed by atoms with Gasteiger partial charge in [-0.3, -0.25) is 39.2 Å². The zero-order chi connectivity index (χ0) is 31.0. The summed E-state index contributed by atoms with van der Waals surface area (Å²) in [7, 11) is 1.45. The average Bonchev–Trinajstić information content (AvgIpc) is 3.17. The number of rotatable bonds is 15. The number of amides is 4. The molecule has 1 heterocycles. The summed E-state index contributed by atoms with van der Waals surface area (Å²) in [6.45, 7) is 3.88. The van der Waals surface area contributed by atoms with E-state index in [-0.39, 0.29) is 55.4 Å². The Morgan fingerprint density at radius 2 is 1.52 bits per heavy atom. The van der Waals surface area contributed by atoms with Crippen molar-refractivity contribution in [2.45, 2.75) is 57.7 Å². The molecule has 0 radical (unpaired) electrons. The van der Waals surface area contributed by atoms with Gasteiger partial charge in [-0.2, -0.15) is 0 Å². The van der Waals surface area contributed by atoms with E-state index in [0.29, 0.717) is 6.42 Å². The molecule has 13 nitrogen and oxygen atoms in total. The van der Waals surface area contributed by atoms with Crippen molar-refractivity contribution in [3.8, 4) is 0 Å². The van der Waals surface area contributed by atoms with Crippen molar-refractivity contribution in [3.63, 3.8) is 0 Å². The number of hydrogen-bond donors (Lipinski definition) is 6. The molecule has 4 amide bonds. The highest BCUT2D eigenvalue weighted by molar-refractivity contribution is 6.23. The number of carboxylic acids is 1. The van der Waals surface area contributed by atoms with Crippen LogP contribution in [-0.4, -0.2) is 83.8 Å². The van der Waals surface area contributed by atoms with Crippen LogP contribution in [0, 0.1) is 5.92 Å². The second-order valence-corrected chi connectivity index (χ2v) is 10.7. The molecule has 0 fully saturated rings. The molecule has 0 saturated heterocycles. The first-order valence-corrected chi connectivity index (χ1v) is 13.9. The first-order valence-electron chi connectivity index (χ1n) is 13.9. The summed E-state index contributed by atoms with van der Waals surface area (Å²) in [4.78, 5) is 69.0. The maximum Gasteiger partial charge on any atom is 0.320 e. The highest BCUT2D eigenvalue weighted by atomic mass is 16.4. The minimum absolute atomic E-state index is 0.00776. The monoisotopic (exact) mass is 581 g/mol. The van der Waals surface area contributed by atoms with Crippen LogP contribution in [0.25, 0.3) is 10.8 Å². The summed E-state index contributed by atoms with van der Waals surface area (Å²) in [5, 5.41) is 19.7. The molecule has 0 saturated carbocycles. The molecule has 0 aromatic heterocycles. The van der Waals surface area contributed by atoms with Gasteiger partial charge in [0.05, 0.1) is 17.2 Å². The molecular formula is C29H39N7O6. The highest BCUT2D eigenvalue weighted by Crippen LogP contribution is 2.28. The lowest BCUT2D eigenvalue weighted by Crippen LogP contribution is -2.56. The van der Waals surface area contributed by atoms with Crippen molar-refractivity contribution in [2.75, 3.05) is 20.1 Å². The normalized spacial score (nSPS) is 14.8. The molecule has 0 aliphatic carbocycles. The van der Waals surface area contributed by atoms with E-state index in [2.05, 4.69) is 20.9 Å². The van der Waals surface area contributed by atoms with Gasteiger partial charge in [0.15, 0.2) is 5.96 Å². The molecule has 3 atom stereocenters. The second-order valence-electron chi connectivity index (χ2n) is 10.7. The standard InChI is InChI=1S/C29H39N7O6/c1-16(2)13-23(25(38)35-21(24(37)32-3)9-6-11-33-29(30)31)34-22(28(41)42)10-12-36-26(39)19-14-17-7-4-5-8-18(17)15-20(19)27(36)40/h4-5,7-8,14-16,21-23,34H,6,9-13H2,1-3H3,(H,32,37)(H,35,38)(H,41,42)(H4,30,31,33)/t21-,22?,23-/m0/s1. The molecule has 0 bridgehead atoms. The zero-order valence-electron chi connectivity index (χ0n) is 24.1. The first kappa shape index (κ1) is 32.0. The Bertz CT molecular complexity index is 1320. The maximum absolute atomic E-state index is 13.3. The summed E-state index contributed by atoms with van der Waals surface area (Å²) in [6, 6.07) is 7.62. The Labute approximate surface area is 244 Å². The molecule has 1 unspecified atom stereocenters. The van der Waals surface area contributed by atoms with E-state index in [4.69, 9.17) is 11.5 Å². The van der Waals surface area contributed by atoms with Crippen LogP contribution in [0.5, 0.6) is 0 Å². The Hall–Kier alpha value is -4.52. The highest BCUT2D eigenvalue weighted by Gasteiger charge is 2.37. The molecule has 0 spiro atoms. The number of nitrogens with two attached hydrogens (primary N) is 2. The van der Waals surface area contributed by atoms with Gasteiger partial charge in [0.1, 0.15) is 12.1 Å². The molecule has 42 heavy (non-hydrogen) atoms. The number of hydrogen-bond acceptors (Lipinski definition) is 7. The Morgan fingerprint density at radius 1 is 0.929 bits per heavy atom. The van der Waals surface area contributed by atoms with Gasteiger partial charge in [-0.25, -0.2) is 0 Å². The van der Waals surface area contributed by atoms with Crippen molar-refractivity contribution in [1.29, 1.82) is 0 Å². The van der Waals surface area contributed by atoms with Crippen LogP contribution in [-0.2, 0) is 14.4 Å². The van der Waals surface area contributed by atoms with Crippen molar-refractivity contribution in [1.82, 2.24) is 20.9 Å². The minimum Gasteiger partial charge on any atom is -0.480 e. The fourth-order valence-electron chi connectivity index (χ4n) is 4.90. The molecule has 2 aromatic carbocycles. The van der Waals surface area contributed by atoms with E-state index >= 15 is 0 Å². The molecule has 1 aliphatic heterocycles. The molecule has 2 aromatic rings. The van der Waals surface area contributed by atoms with Gasteiger partial charge < -0.3 is 27.2 Å². The van der Waals surface area contributed by atoms with Crippen molar-refractivity contribution < 1.29 is 29.1 Å². The number of likely N-dealkylation sites (N-methyl/N-ethyl adjacent to an activating group) is 1. The smallest absolute Gasteiger partial charge is 0.320 e. The van der Waals surface area contributed by atoms with E-state index < -0.39 is 47.7 Å². The van der Waals surface area contributed by atoms with Crippen LogP contribution in [0.2, 0.25) is 0 Å². The number of carbonyl (C=O) groups is 5. The Morgan fingerprint density at radius 3 is 2.02 bits per heavy atom. The number of benzene rings is 2. The van der Waals surface area contributed by atoms with Crippen LogP contribution < -0.4 is 27.4 Å². The van der Waals surface area contributed by atoms with Gasteiger partial charge in [0.2, 0.25) is 11.8 Å². The van der Waals surface area contributed by atoms with Crippen molar-refractivity contribution >= 4 is 46.3 Å². The van der Waals surface area contributed by atoms with Crippen molar-refractivity contribution in [3.05, 3.63) is 47.5 Å². The number of nitrogens with zero attached hydrogens (tertiary/aromatic N) is 2. The third kappa shape index (κ3) is 8.03. The number of carboxylic acid groups (broad SMARTS) is 1. The molecule has 8 N–H and O–H groups in total. The van der Waals surface area contributed by atoms with Crippen LogP contribution in [0.3, 0.4) is 0 Å². The van der Waals surface area contributed by atoms with Crippen LogP contribution >= 0.6 is 0 Å². The molecule has 1 aliphatic rings. The fourth-order valence-corrected chi connectivity index (χ4v) is 4.90. The second kappa shape index (κ2) is 14.4. The van der Waals surface area contributed by atoms with Gasteiger partial charge in [-0.05, 0) is 54.5 Å². The number of fused-ring (bicyclic) bond motifs is 2. The van der Waals surface area contributed by atoms with Gasteiger partial charge in [-0.1, -0.05) is 38.1 Å². The first-order chi connectivity index (χ1) is 19.9. The van der Waals surface area contributed by atoms with E-state index in [0.717, 1.165) is 15.7 Å². The lowest BCUT2D eigenvalue weighted by Gasteiger charge is -2.27. The Balaban J connectivity index is 1.70. The van der Waals surface area contributed by atoms with Crippen LogP contribution in [0.15, 0.2) is 41.4 Å². The quantitative estimate of drug-likeness (QED) is 0.0750. The zero-order valence-corrected chi connectivity index (χ0v) is 24.1. The lowest BCUT2D eigenvalue weighted by atomic mass is 10.0. The van der Waals surface area contributed by atoms with E-state index in [1.807, 2.05) is 38.1 Å². The Kier molecular flexibility index (Phi) is 11.0. The summed E-state index contributed by atoms with van der Waals surface area (Å²) in [5.74, 6) is -3.24. The number of imide groups is 1. The lowest BCUT2D eigenvalue weighted by molar-refractivity contribution is -0.140. The minimum atomic E-state index is -1.25. The number of carbonyl (C=O) groups excluding carboxylic acids is 4. The third-order valence-corrected chi connectivity index (χ3v) is 7.03. The number of nitrogens with one attached hydrogen (secondary N) is 3. The SMILES string of the molecule is CNC(=O)[C@H](CCCN=C(N)N)NC(=O)[C@H](CC(C)C)NC(CCN1C(=O)c2cc3ccccc3cc2C1=O)C(=O)O. The van der Waals surface area contributed by atoms with Gasteiger partial charge in [0, 0.05) is 20.1 Å². The largest absolute Gasteiger partial charge is 0.480 e. The van der Waals surface area contributed by atoms with Crippen LogP contribution in [0.1, 0.15) is 60.2 Å². The van der Waals surface area contributed by atoms with E-state index in [9.17, 15) is 29.1 Å².